The summed E-state index contributed by atoms with van der Waals surface area (Å²) in [4.78, 5) is 2.94. The Morgan fingerprint density at radius 3 is 3.00 bits per heavy atom. The molecule has 0 aliphatic heterocycles. The summed E-state index contributed by atoms with van der Waals surface area (Å²) < 4.78 is 0. The Balaban J connectivity index is 2.78. The van der Waals surface area contributed by atoms with Gasteiger partial charge in [0, 0.05) is 11.9 Å². The Hall–Kier alpha value is -1.02. The van der Waals surface area contributed by atoms with Crippen LogP contribution in [-0.2, 0) is 6.61 Å². The van der Waals surface area contributed by atoms with E-state index in [-0.39, 0.29) is 6.61 Å². The van der Waals surface area contributed by atoms with Crippen LogP contribution in [0.5, 0.6) is 0 Å². The van der Waals surface area contributed by atoms with E-state index < -0.39 is 0 Å². The van der Waals surface area contributed by atoms with Crippen LogP contribution in [0.25, 0.3) is 6.08 Å². The second kappa shape index (κ2) is 3.22. The largest absolute Gasteiger partial charge is 0.390 e. The van der Waals surface area contributed by atoms with Gasteiger partial charge in [0.15, 0.2) is 0 Å². The van der Waals surface area contributed by atoms with Gasteiger partial charge < -0.3 is 10.1 Å². The van der Waals surface area contributed by atoms with Crippen molar-refractivity contribution in [3.8, 4) is 0 Å². The molecule has 1 heterocycles. The highest BCUT2D eigenvalue weighted by molar-refractivity contribution is 5.48. The fraction of sp³-hybridized carbons (Fsp3) is 0.250. The highest BCUT2D eigenvalue weighted by atomic mass is 16.3. The number of rotatable bonds is 2. The van der Waals surface area contributed by atoms with Crippen LogP contribution in [-0.4, -0.2) is 10.1 Å². The van der Waals surface area contributed by atoms with Gasteiger partial charge in [0.1, 0.15) is 0 Å². The van der Waals surface area contributed by atoms with Crippen molar-refractivity contribution in [2.75, 3.05) is 0 Å². The third-order valence-electron chi connectivity index (χ3n) is 1.29. The molecule has 0 atom stereocenters. The molecular formula is C8H11NO. The van der Waals surface area contributed by atoms with E-state index in [9.17, 15) is 0 Å². The first-order valence-electron chi connectivity index (χ1n) is 3.27. The van der Waals surface area contributed by atoms with Gasteiger partial charge in [-0.25, -0.2) is 0 Å². The first kappa shape index (κ1) is 7.09. The lowest BCUT2D eigenvalue weighted by Crippen LogP contribution is -1.78. The number of aliphatic hydroxyl groups excluding tert-OH is 1. The summed E-state index contributed by atoms with van der Waals surface area (Å²) in [6.07, 6.45) is 5.81. The van der Waals surface area contributed by atoms with Crippen LogP contribution in [0, 0.1) is 0 Å². The van der Waals surface area contributed by atoms with Crippen LogP contribution in [0.1, 0.15) is 18.2 Å². The fourth-order valence-corrected chi connectivity index (χ4v) is 0.841. The van der Waals surface area contributed by atoms with Crippen LogP contribution < -0.4 is 0 Å². The van der Waals surface area contributed by atoms with Crippen molar-refractivity contribution < 1.29 is 5.11 Å². The molecule has 0 amide bonds. The van der Waals surface area contributed by atoms with Gasteiger partial charge in [0.2, 0.25) is 0 Å². The van der Waals surface area contributed by atoms with Crippen LogP contribution >= 0.6 is 0 Å². The number of allylic oxidation sites excluding steroid dienone is 1. The number of nitrogens with one attached hydrogen (secondary N) is 1. The molecule has 54 valence electrons. The smallest absolute Gasteiger partial charge is 0.0831 e. The number of aromatic nitrogens is 1. The maximum atomic E-state index is 8.66. The molecule has 0 radical (unpaired) electrons. The summed E-state index contributed by atoms with van der Waals surface area (Å²) in [5.41, 5.74) is 1.96. The van der Waals surface area contributed by atoms with Gasteiger partial charge in [-0.2, -0.15) is 0 Å². The minimum absolute atomic E-state index is 0.0809. The predicted octanol–water partition coefficient (Wildman–Crippen LogP) is 1.54. The second-order valence-corrected chi connectivity index (χ2v) is 2.12. The van der Waals surface area contributed by atoms with Crippen LogP contribution in [0.2, 0.25) is 0 Å². The average molecular weight is 137 g/mol. The highest BCUT2D eigenvalue weighted by Gasteiger charge is 1.91. The monoisotopic (exact) mass is 137 g/mol. The van der Waals surface area contributed by atoms with Gasteiger partial charge >= 0.3 is 0 Å². The van der Waals surface area contributed by atoms with E-state index in [1.807, 2.05) is 31.3 Å². The fourth-order valence-electron chi connectivity index (χ4n) is 0.841. The van der Waals surface area contributed by atoms with Gasteiger partial charge in [-0.3, -0.25) is 0 Å². The molecule has 2 heteroatoms. The van der Waals surface area contributed by atoms with Crippen molar-refractivity contribution >= 4 is 6.08 Å². The molecule has 0 fully saturated rings. The SMILES string of the molecule is C/C=C/c1c[nH]c(CO)c1. The molecule has 0 aromatic carbocycles. The average Bonchev–Trinajstić information content (AvgIpc) is 2.37. The third kappa shape index (κ3) is 1.48. The Kier molecular flexibility index (Phi) is 2.29. The summed E-state index contributed by atoms with van der Waals surface area (Å²) >= 11 is 0. The van der Waals surface area contributed by atoms with E-state index in [2.05, 4.69) is 4.98 Å². The standard InChI is InChI=1S/C8H11NO/c1-2-3-7-4-8(6-10)9-5-7/h2-5,9-10H,6H2,1H3/b3-2+. The van der Waals surface area contributed by atoms with Crippen molar-refractivity contribution in [3.05, 3.63) is 29.6 Å². The summed E-state index contributed by atoms with van der Waals surface area (Å²) in [6, 6.07) is 1.92. The zero-order valence-corrected chi connectivity index (χ0v) is 5.96. The van der Waals surface area contributed by atoms with E-state index in [4.69, 9.17) is 5.11 Å². The van der Waals surface area contributed by atoms with Crippen molar-refractivity contribution in [3.63, 3.8) is 0 Å². The minimum atomic E-state index is 0.0809. The number of H-pyrrole nitrogens is 1. The molecule has 0 aliphatic rings. The number of aliphatic hydroxyl groups is 1. The molecule has 10 heavy (non-hydrogen) atoms. The van der Waals surface area contributed by atoms with E-state index >= 15 is 0 Å². The van der Waals surface area contributed by atoms with Crippen molar-refractivity contribution in [2.24, 2.45) is 0 Å². The lowest BCUT2D eigenvalue weighted by Gasteiger charge is -1.82. The molecule has 0 saturated carbocycles. The Labute approximate surface area is 60.2 Å². The maximum Gasteiger partial charge on any atom is 0.0831 e. The Morgan fingerprint density at radius 2 is 2.50 bits per heavy atom. The molecule has 0 bridgehead atoms. The topological polar surface area (TPSA) is 36.0 Å². The first-order chi connectivity index (χ1) is 4.86. The number of aromatic amines is 1. The molecule has 0 saturated heterocycles. The lowest BCUT2D eigenvalue weighted by molar-refractivity contribution is 0.277. The van der Waals surface area contributed by atoms with Crippen LogP contribution in [0.4, 0.5) is 0 Å². The predicted molar refractivity (Wildman–Crippen MR) is 41.4 cm³/mol. The van der Waals surface area contributed by atoms with Gasteiger partial charge in [0.25, 0.3) is 0 Å². The van der Waals surface area contributed by atoms with E-state index in [0.29, 0.717) is 0 Å². The molecule has 0 aliphatic carbocycles. The zero-order valence-electron chi connectivity index (χ0n) is 5.96. The van der Waals surface area contributed by atoms with E-state index in [1.54, 1.807) is 0 Å². The Morgan fingerprint density at radius 1 is 1.70 bits per heavy atom. The quantitative estimate of drug-likeness (QED) is 0.637. The molecule has 2 nitrogen and oxygen atoms in total. The summed E-state index contributed by atoms with van der Waals surface area (Å²) in [5.74, 6) is 0. The number of hydrogen-bond acceptors (Lipinski definition) is 1. The van der Waals surface area contributed by atoms with E-state index in [1.165, 1.54) is 0 Å². The molecule has 1 aromatic rings. The van der Waals surface area contributed by atoms with Crippen LogP contribution in [0.3, 0.4) is 0 Å². The van der Waals surface area contributed by atoms with Gasteiger partial charge in [-0.1, -0.05) is 12.2 Å². The van der Waals surface area contributed by atoms with Crippen molar-refractivity contribution in [2.45, 2.75) is 13.5 Å². The van der Waals surface area contributed by atoms with Gasteiger partial charge in [-0.05, 0) is 18.6 Å². The highest BCUT2D eigenvalue weighted by Crippen LogP contribution is 2.04. The molecule has 2 N–H and O–H groups in total. The molecule has 1 aromatic heterocycles. The number of hydrogen-bond donors (Lipinski definition) is 2. The van der Waals surface area contributed by atoms with Crippen LogP contribution in [0.15, 0.2) is 18.3 Å². The second-order valence-electron chi connectivity index (χ2n) is 2.12. The van der Waals surface area contributed by atoms with Crippen molar-refractivity contribution in [1.82, 2.24) is 4.98 Å². The summed E-state index contributed by atoms with van der Waals surface area (Å²) in [7, 11) is 0. The first-order valence-corrected chi connectivity index (χ1v) is 3.27. The van der Waals surface area contributed by atoms with Crippen molar-refractivity contribution in [1.29, 1.82) is 0 Å². The summed E-state index contributed by atoms with van der Waals surface area (Å²) in [5, 5.41) is 8.66. The summed E-state index contributed by atoms with van der Waals surface area (Å²) in [6.45, 7) is 2.04. The molecule has 0 unspecified atom stereocenters. The maximum absolute atomic E-state index is 8.66. The minimum Gasteiger partial charge on any atom is -0.390 e. The molecular weight excluding hydrogens is 126 g/mol. The van der Waals surface area contributed by atoms with Gasteiger partial charge in [0.05, 0.1) is 6.61 Å². The zero-order chi connectivity index (χ0) is 7.40. The third-order valence-corrected chi connectivity index (χ3v) is 1.29. The normalized spacial score (nSPS) is 11.0. The molecule has 0 spiro atoms. The van der Waals surface area contributed by atoms with E-state index in [0.717, 1.165) is 11.3 Å². The lowest BCUT2D eigenvalue weighted by atomic mass is 10.3. The molecule has 1 rings (SSSR count). The Bertz CT molecular complexity index is 225. The van der Waals surface area contributed by atoms with Gasteiger partial charge in [-0.15, -0.1) is 0 Å².